The zero-order valence-corrected chi connectivity index (χ0v) is 17.3. The number of benzene rings is 2. The first-order valence-corrected chi connectivity index (χ1v) is 10.8. The average molecular weight is 411 g/mol. The van der Waals surface area contributed by atoms with Crippen molar-refractivity contribution in [3.8, 4) is 5.75 Å². The third-order valence-electron chi connectivity index (χ3n) is 5.50. The zero-order chi connectivity index (χ0) is 20.6. The maximum Gasteiger partial charge on any atom is 0.251 e. The minimum Gasteiger partial charge on any atom is -0.491 e. The highest BCUT2D eigenvalue weighted by Gasteiger charge is 2.18. The van der Waals surface area contributed by atoms with Crippen LogP contribution in [0.3, 0.4) is 0 Å². The Morgan fingerprint density at radius 2 is 1.77 bits per heavy atom. The molecule has 0 aliphatic carbocycles. The fourth-order valence-electron chi connectivity index (χ4n) is 3.87. The highest BCUT2D eigenvalue weighted by atomic mass is 16.5. The molecule has 6 heteroatoms. The summed E-state index contributed by atoms with van der Waals surface area (Å²) in [4.78, 5) is 12.8. The normalized spacial score (nSPS) is 18.5. The summed E-state index contributed by atoms with van der Waals surface area (Å²) in [5, 5.41) is 6.55. The van der Waals surface area contributed by atoms with Crippen LogP contribution in [0.2, 0.25) is 0 Å². The van der Waals surface area contributed by atoms with Crippen molar-refractivity contribution in [3.05, 3.63) is 64.7 Å². The molecule has 0 atom stereocenters. The molecule has 2 aliphatic heterocycles. The SMILES string of the molecule is O=C(NC1CCOCC1)c1ccc2c(c1)Cc1cccc(c1)CNCCOCCO2. The maximum absolute atomic E-state index is 12.8. The predicted octanol–water partition coefficient (Wildman–Crippen LogP) is 2.68. The lowest BCUT2D eigenvalue weighted by Crippen LogP contribution is -2.38. The third kappa shape index (κ3) is 5.81. The van der Waals surface area contributed by atoms with Crippen molar-refractivity contribution in [1.29, 1.82) is 0 Å². The summed E-state index contributed by atoms with van der Waals surface area (Å²) >= 11 is 0. The van der Waals surface area contributed by atoms with Crippen molar-refractivity contribution in [3.63, 3.8) is 0 Å². The molecule has 30 heavy (non-hydrogen) atoms. The molecule has 0 spiro atoms. The van der Waals surface area contributed by atoms with Gasteiger partial charge in [-0.3, -0.25) is 4.79 Å². The van der Waals surface area contributed by atoms with Gasteiger partial charge in [-0.25, -0.2) is 0 Å². The molecule has 2 aromatic carbocycles. The van der Waals surface area contributed by atoms with Crippen LogP contribution in [0.4, 0.5) is 0 Å². The Morgan fingerprint density at radius 1 is 0.933 bits per heavy atom. The molecule has 2 aliphatic rings. The van der Waals surface area contributed by atoms with Gasteiger partial charge in [-0.05, 0) is 47.7 Å². The smallest absolute Gasteiger partial charge is 0.251 e. The summed E-state index contributed by atoms with van der Waals surface area (Å²) in [5.41, 5.74) is 4.12. The Balaban J connectivity index is 1.55. The molecular formula is C24H30N2O4. The summed E-state index contributed by atoms with van der Waals surface area (Å²) in [5.74, 6) is 0.771. The topological polar surface area (TPSA) is 68.8 Å². The monoisotopic (exact) mass is 410 g/mol. The first kappa shape index (κ1) is 20.8. The van der Waals surface area contributed by atoms with Gasteiger partial charge in [0.25, 0.3) is 5.91 Å². The van der Waals surface area contributed by atoms with E-state index in [9.17, 15) is 4.79 Å². The second kappa shape index (κ2) is 10.6. The molecule has 0 saturated carbocycles. The highest BCUT2D eigenvalue weighted by Crippen LogP contribution is 2.24. The van der Waals surface area contributed by atoms with E-state index in [2.05, 4.69) is 34.9 Å². The van der Waals surface area contributed by atoms with Crippen molar-refractivity contribution >= 4 is 5.91 Å². The first-order chi connectivity index (χ1) is 14.8. The molecular weight excluding hydrogens is 380 g/mol. The van der Waals surface area contributed by atoms with Gasteiger partial charge in [0.05, 0.1) is 13.2 Å². The molecule has 0 radical (unpaired) electrons. The Hall–Kier alpha value is -2.41. The molecule has 2 N–H and O–H groups in total. The summed E-state index contributed by atoms with van der Waals surface area (Å²) in [6, 6.07) is 14.4. The van der Waals surface area contributed by atoms with E-state index in [0.29, 0.717) is 45.0 Å². The lowest BCUT2D eigenvalue weighted by Gasteiger charge is -2.23. The predicted molar refractivity (Wildman–Crippen MR) is 115 cm³/mol. The fraction of sp³-hybridized carbons (Fsp3) is 0.458. The first-order valence-electron chi connectivity index (χ1n) is 10.8. The van der Waals surface area contributed by atoms with Crippen LogP contribution < -0.4 is 15.4 Å². The van der Waals surface area contributed by atoms with Gasteiger partial charge in [-0.15, -0.1) is 0 Å². The second-order valence-electron chi connectivity index (χ2n) is 7.82. The van der Waals surface area contributed by atoms with Crippen LogP contribution in [0.15, 0.2) is 42.5 Å². The van der Waals surface area contributed by atoms with Crippen LogP contribution in [0.25, 0.3) is 0 Å². The standard InChI is InChI=1S/C24H30N2O4/c27-24(26-22-6-9-28-10-7-22)20-4-5-23-21(16-20)15-18-2-1-3-19(14-18)17-25-8-11-29-12-13-30-23/h1-5,14,16,22,25H,6-13,15,17H2,(H,26,27). The van der Waals surface area contributed by atoms with Gasteiger partial charge in [0.2, 0.25) is 0 Å². The molecule has 1 fully saturated rings. The average Bonchev–Trinajstić information content (AvgIpc) is 2.77. The Bertz CT molecular complexity index is 849. The van der Waals surface area contributed by atoms with Crippen molar-refractivity contribution < 1.29 is 19.0 Å². The quantitative estimate of drug-likeness (QED) is 0.797. The van der Waals surface area contributed by atoms with Gasteiger partial charge in [0, 0.05) is 44.3 Å². The van der Waals surface area contributed by atoms with E-state index in [4.69, 9.17) is 14.2 Å². The van der Waals surface area contributed by atoms with Gasteiger partial charge in [0.1, 0.15) is 12.4 Å². The van der Waals surface area contributed by atoms with Crippen molar-refractivity contribution in [2.24, 2.45) is 0 Å². The van der Waals surface area contributed by atoms with Crippen LogP contribution in [0.1, 0.15) is 39.9 Å². The van der Waals surface area contributed by atoms with Crippen molar-refractivity contribution in [2.45, 2.75) is 31.8 Å². The fourth-order valence-corrected chi connectivity index (χ4v) is 3.87. The maximum atomic E-state index is 12.8. The highest BCUT2D eigenvalue weighted by molar-refractivity contribution is 5.94. The molecule has 0 aromatic heterocycles. The largest absolute Gasteiger partial charge is 0.491 e. The molecule has 6 nitrogen and oxygen atoms in total. The van der Waals surface area contributed by atoms with Crippen molar-refractivity contribution in [1.82, 2.24) is 10.6 Å². The molecule has 0 unspecified atom stereocenters. The molecule has 160 valence electrons. The van der Waals surface area contributed by atoms with Gasteiger partial charge >= 0.3 is 0 Å². The number of carbonyl (C=O) groups is 1. The summed E-state index contributed by atoms with van der Waals surface area (Å²) in [7, 11) is 0. The Morgan fingerprint density at radius 3 is 2.67 bits per heavy atom. The third-order valence-corrected chi connectivity index (χ3v) is 5.50. The van der Waals surface area contributed by atoms with Gasteiger partial charge in [-0.2, -0.15) is 0 Å². The number of fused-ring (bicyclic) bond motifs is 3. The number of hydrogen-bond donors (Lipinski definition) is 2. The molecule has 1 saturated heterocycles. The van der Waals surface area contributed by atoms with Crippen LogP contribution in [-0.2, 0) is 22.4 Å². The lowest BCUT2D eigenvalue weighted by atomic mass is 9.99. The number of hydrogen-bond acceptors (Lipinski definition) is 5. The van der Waals surface area contributed by atoms with Gasteiger partial charge in [0.15, 0.2) is 0 Å². The number of ether oxygens (including phenoxy) is 3. The van der Waals surface area contributed by atoms with E-state index in [-0.39, 0.29) is 11.9 Å². The molecule has 4 rings (SSSR count). The van der Waals surface area contributed by atoms with E-state index in [1.165, 1.54) is 11.1 Å². The summed E-state index contributed by atoms with van der Waals surface area (Å²) in [6.07, 6.45) is 2.43. The van der Waals surface area contributed by atoms with E-state index >= 15 is 0 Å². The van der Waals surface area contributed by atoms with Crippen LogP contribution in [0, 0.1) is 0 Å². The number of rotatable bonds is 2. The summed E-state index contributed by atoms with van der Waals surface area (Å²) < 4.78 is 17.0. The van der Waals surface area contributed by atoms with Crippen LogP contribution in [0.5, 0.6) is 5.75 Å². The minimum absolute atomic E-state index is 0.0367. The van der Waals surface area contributed by atoms with Gasteiger partial charge in [-0.1, -0.05) is 24.3 Å². The zero-order valence-electron chi connectivity index (χ0n) is 17.3. The Kier molecular flexibility index (Phi) is 7.34. The molecule has 1 amide bonds. The second-order valence-corrected chi connectivity index (χ2v) is 7.82. The number of nitrogens with one attached hydrogen (secondary N) is 2. The molecule has 2 bridgehead atoms. The van der Waals surface area contributed by atoms with E-state index in [1.807, 2.05) is 18.2 Å². The van der Waals surface area contributed by atoms with E-state index < -0.39 is 0 Å². The summed E-state index contributed by atoms with van der Waals surface area (Å²) in [6.45, 7) is 4.72. The van der Waals surface area contributed by atoms with Crippen LogP contribution in [-0.4, -0.2) is 51.5 Å². The lowest BCUT2D eigenvalue weighted by molar-refractivity contribution is 0.0696. The number of amides is 1. The molecule has 2 heterocycles. The van der Waals surface area contributed by atoms with Gasteiger partial charge < -0.3 is 24.8 Å². The Labute approximate surface area is 177 Å². The molecule has 2 aromatic rings. The van der Waals surface area contributed by atoms with E-state index in [1.54, 1.807) is 0 Å². The van der Waals surface area contributed by atoms with Crippen LogP contribution >= 0.6 is 0 Å². The van der Waals surface area contributed by atoms with Crippen molar-refractivity contribution in [2.75, 3.05) is 39.6 Å². The number of carbonyl (C=O) groups excluding carboxylic acids is 1. The minimum atomic E-state index is -0.0367. The van der Waals surface area contributed by atoms with E-state index in [0.717, 1.165) is 37.2 Å².